The Labute approximate surface area is 302 Å². The summed E-state index contributed by atoms with van der Waals surface area (Å²) in [7, 11) is 4.62. The van der Waals surface area contributed by atoms with Crippen molar-refractivity contribution in [2.75, 3.05) is 27.9 Å². The zero-order chi connectivity index (χ0) is 35.4. The number of methoxy groups -OCH3 is 3. The molecule has 0 saturated carbocycles. The Balaban J connectivity index is 1.48. The minimum atomic E-state index is -0.880. The van der Waals surface area contributed by atoms with Crippen molar-refractivity contribution in [1.29, 1.82) is 0 Å². The molecule has 1 aliphatic rings. The summed E-state index contributed by atoms with van der Waals surface area (Å²) < 4.78 is 30.2. The van der Waals surface area contributed by atoms with E-state index in [1.165, 1.54) is 23.0 Å². The number of ether oxygens (including phenoxy) is 5. The van der Waals surface area contributed by atoms with Crippen molar-refractivity contribution in [3.63, 3.8) is 0 Å². The van der Waals surface area contributed by atoms with Gasteiger partial charge in [-0.15, -0.1) is 0 Å². The molecule has 1 atom stereocenters. The van der Waals surface area contributed by atoms with Crippen LogP contribution in [0.4, 0.5) is 0 Å². The molecule has 5 aromatic rings. The van der Waals surface area contributed by atoms with E-state index in [-0.39, 0.29) is 24.3 Å². The summed E-state index contributed by atoms with van der Waals surface area (Å²) in [5, 5.41) is 0.904. The maximum absolute atomic E-state index is 14.4. The minimum absolute atomic E-state index is 0.141. The van der Waals surface area contributed by atoms with Gasteiger partial charge in [-0.2, -0.15) is 0 Å². The Morgan fingerprint density at radius 3 is 2.28 bits per heavy atom. The van der Waals surface area contributed by atoms with E-state index in [4.69, 9.17) is 51.9 Å². The molecule has 0 unspecified atom stereocenters. The molecule has 9 nitrogen and oxygen atoms in total. The standard InChI is InChI=1S/C38H32Cl2N2O7S/c1-5-48-37(44)33-34(24-9-7-6-8-10-24)41-38-42(35(33)25-13-16-28(45-2)31(20-25)47-4)36(43)32(50-38)19-22-12-15-29(30(18-22)46-3)49-21-23-11-14-26(39)27(40)17-23/h6-20,35H,5,21H2,1-4H3/b32-19-/t35-/m1/s1. The van der Waals surface area contributed by atoms with Crippen LogP contribution in [0.25, 0.3) is 11.8 Å². The van der Waals surface area contributed by atoms with Gasteiger partial charge in [0.15, 0.2) is 27.8 Å². The average Bonchev–Trinajstić information content (AvgIpc) is 3.45. The maximum atomic E-state index is 14.4. The molecule has 12 heteroatoms. The Hall–Kier alpha value is -5.03. The molecule has 50 heavy (non-hydrogen) atoms. The zero-order valence-electron chi connectivity index (χ0n) is 27.6. The maximum Gasteiger partial charge on any atom is 0.338 e. The third kappa shape index (κ3) is 7.00. The molecular weight excluding hydrogens is 699 g/mol. The summed E-state index contributed by atoms with van der Waals surface area (Å²) in [5.41, 5.74) is 3.18. The van der Waals surface area contributed by atoms with Crippen LogP contribution in [-0.4, -0.2) is 38.5 Å². The van der Waals surface area contributed by atoms with Gasteiger partial charge in [0.25, 0.3) is 5.56 Å². The van der Waals surface area contributed by atoms with E-state index in [2.05, 4.69) is 0 Å². The quantitative estimate of drug-likeness (QED) is 0.137. The molecule has 256 valence electrons. The van der Waals surface area contributed by atoms with Gasteiger partial charge >= 0.3 is 5.97 Å². The molecule has 2 heterocycles. The lowest BCUT2D eigenvalue weighted by Crippen LogP contribution is -2.40. The van der Waals surface area contributed by atoms with Crippen molar-refractivity contribution in [2.24, 2.45) is 4.99 Å². The zero-order valence-corrected chi connectivity index (χ0v) is 29.9. The molecular formula is C38H32Cl2N2O7S. The van der Waals surface area contributed by atoms with Crippen LogP contribution in [0.2, 0.25) is 10.0 Å². The van der Waals surface area contributed by atoms with E-state index in [1.807, 2.05) is 42.5 Å². The molecule has 0 fully saturated rings. The van der Waals surface area contributed by atoms with Gasteiger partial charge in [-0.1, -0.05) is 83.1 Å². The van der Waals surface area contributed by atoms with Crippen molar-refractivity contribution in [1.82, 2.24) is 4.57 Å². The third-order valence-electron chi connectivity index (χ3n) is 7.96. The number of esters is 1. The van der Waals surface area contributed by atoms with Crippen molar-refractivity contribution in [3.05, 3.63) is 142 Å². The van der Waals surface area contributed by atoms with Crippen LogP contribution in [0.5, 0.6) is 23.0 Å². The van der Waals surface area contributed by atoms with E-state index in [0.29, 0.717) is 64.8 Å². The number of thiazole rings is 1. The fourth-order valence-electron chi connectivity index (χ4n) is 5.61. The molecule has 1 aromatic heterocycles. The van der Waals surface area contributed by atoms with Gasteiger partial charge in [0.1, 0.15) is 6.61 Å². The molecule has 0 N–H and O–H groups in total. The first-order valence-electron chi connectivity index (χ1n) is 15.5. The number of fused-ring (bicyclic) bond motifs is 1. The van der Waals surface area contributed by atoms with Gasteiger partial charge in [-0.3, -0.25) is 9.36 Å². The van der Waals surface area contributed by atoms with Crippen LogP contribution < -0.4 is 33.8 Å². The molecule has 0 saturated heterocycles. The van der Waals surface area contributed by atoms with Crippen molar-refractivity contribution in [3.8, 4) is 23.0 Å². The van der Waals surface area contributed by atoms with E-state index in [9.17, 15) is 9.59 Å². The lowest BCUT2D eigenvalue weighted by atomic mass is 9.93. The van der Waals surface area contributed by atoms with Crippen molar-refractivity contribution in [2.45, 2.75) is 19.6 Å². The first kappa shape index (κ1) is 34.8. The highest BCUT2D eigenvalue weighted by atomic mass is 35.5. The Morgan fingerprint density at radius 1 is 0.860 bits per heavy atom. The number of carbonyl (C=O) groups excluding carboxylic acids is 1. The van der Waals surface area contributed by atoms with Gasteiger partial charge in [0, 0.05) is 5.56 Å². The lowest BCUT2D eigenvalue weighted by molar-refractivity contribution is -0.138. The third-order valence-corrected chi connectivity index (χ3v) is 9.68. The number of aromatic nitrogens is 1. The predicted molar refractivity (Wildman–Crippen MR) is 194 cm³/mol. The molecule has 0 bridgehead atoms. The van der Waals surface area contributed by atoms with E-state index in [1.54, 1.807) is 69.7 Å². The number of rotatable bonds is 11. The van der Waals surface area contributed by atoms with Crippen LogP contribution in [0.15, 0.2) is 100 Å². The van der Waals surface area contributed by atoms with Gasteiger partial charge in [0.05, 0.1) is 59.8 Å². The Morgan fingerprint density at radius 2 is 1.58 bits per heavy atom. The van der Waals surface area contributed by atoms with Gasteiger partial charge < -0.3 is 23.7 Å². The molecule has 0 spiro atoms. The highest BCUT2D eigenvalue weighted by Gasteiger charge is 2.35. The first-order chi connectivity index (χ1) is 24.3. The smallest absolute Gasteiger partial charge is 0.338 e. The van der Waals surface area contributed by atoms with Crippen LogP contribution >= 0.6 is 34.5 Å². The molecule has 1 aliphatic heterocycles. The van der Waals surface area contributed by atoms with Crippen LogP contribution in [0.3, 0.4) is 0 Å². The Bertz CT molecular complexity index is 2280. The second-order valence-electron chi connectivity index (χ2n) is 11.0. The fourth-order valence-corrected chi connectivity index (χ4v) is 6.94. The van der Waals surface area contributed by atoms with Crippen LogP contribution in [-0.2, 0) is 16.1 Å². The number of carbonyl (C=O) groups is 1. The number of halogens is 2. The van der Waals surface area contributed by atoms with Crippen molar-refractivity contribution < 1.29 is 28.5 Å². The predicted octanol–water partition coefficient (Wildman–Crippen LogP) is 6.85. The number of hydrogen-bond donors (Lipinski definition) is 0. The molecule has 0 aliphatic carbocycles. The van der Waals surface area contributed by atoms with Gasteiger partial charge in [-0.05, 0) is 66.1 Å². The second kappa shape index (κ2) is 15.2. The number of hydrogen-bond acceptors (Lipinski definition) is 9. The minimum Gasteiger partial charge on any atom is -0.493 e. The second-order valence-corrected chi connectivity index (χ2v) is 12.8. The number of nitrogens with zero attached hydrogens (tertiary/aromatic N) is 2. The summed E-state index contributed by atoms with van der Waals surface area (Å²) in [6, 6.07) is 24.5. The molecule has 4 aromatic carbocycles. The van der Waals surface area contributed by atoms with Crippen molar-refractivity contribution >= 4 is 52.3 Å². The highest BCUT2D eigenvalue weighted by Crippen LogP contribution is 2.38. The molecule has 0 amide bonds. The number of benzene rings is 4. The highest BCUT2D eigenvalue weighted by molar-refractivity contribution is 7.07. The van der Waals surface area contributed by atoms with Crippen LogP contribution in [0.1, 0.15) is 35.2 Å². The largest absolute Gasteiger partial charge is 0.493 e. The fraction of sp³-hybridized carbons (Fsp3) is 0.184. The topological polar surface area (TPSA) is 97.6 Å². The average molecular weight is 732 g/mol. The SMILES string of the molecule is CCOC(=O)C1=C(c2ccccc2)N=c2s/c(=C\c3ccc(OCc4ccc(Cl)c(Cl)c4)c(OC)c3)c(=O)n2[C@@H]1c1ccc(OC)c(OC)c1. The molecule has 6 rings (SSSR count). The van der Waals surface area contributed by atoms with E-state index in [0.717, 1.165) is 5.56 Å². The first-order valence-corrected chi connectivity index (χ1v) is 17.1. The van der Waals surface area contributed by atoms with Crippen LogP contribution in [0, 0.1) is 0 Å². The normalized spacial score (nSPS) is 14.1. The monoisotopic (exact) mass is 730 g/mol. The van der Waals surface area contributed by atoms with E-state index < -0.39 is 12.0 Å². The summed E-state index contributed by atoms with van der Waals surface area (Å²) in [6.45, 7) is 2.12. The lowest BCUT2D eigenvalue weighted by Gasteiger charge is -2.26. The summed E-state index contributed by atoms with van der Waals surface area (Å²) in [6.07, 6.45) is 1.76. The Kier molecular flexibility index (Phi) is 10.6. The van der Waals surface area contributed by atoms with Gasteiger partial charge in [0.2, 0.25) is 0 Å². The molecule has 0 radical (unpaired) electrons. The summed E-state index contributed by atoms with van der Waals surface area (Å²) >= 11 is 13.4. The summed E-state index contributed by atoms with van der Waals surface area (Å²) in [4.78, 5) is 33.5. The summed E-state index contributed by atoms with van der Waals surface area (Å²) in [5.74, 6) is 1.36. The van der Waals surface area contributed by atoms with E-state index >= 15 is 0 Å². The van der Waals surface area contributed by atoms with Gasteiger partial charge in [-0.25, -0.2) is 9.79 Å².